The Morgan fingerprint density at radius 2 is 2.28 bits per heavy atom. The highest BCUT2D eigenvalue weighted by atomic mass is 32.1. The summed E-state index contributed by atoms with van der Waals surface area (Å²) in [6, 6.07) is 4.84. The van der Waals surface area contributed by atoms with Crippen molar-refractivity contribution in [2.24, 2.45) is 0 Å². The molecule has 0 N–H and O–H groups in total. The summed E-state index contributed by atoms with van der Waals surface area (Å²) in [5, 5.41) is 11.7. The maximum absolute atomic E-state index is 10.7. The van der Waals surface area contributed by atoms with Gasteiger partial charge in [0.05, 0.1) is 15.1 Å². The highest BCUT2D eigenvalue weighted by Gasteiger charge is 2.14. The van der Waals surface area contributed by atoms with Crippen molar-refractivity contribution in [3.63, 3.8) is 0 Å². The lowest BCUT2D eigenvalue weighted by Crippen LogP contribution is -2.26. The normalized spacial score (nSPS) is 15.2. The average molecular weight is 261 g/mol. The number of hydrogen-bond donors (Lipinski definition) is 0. The van der Waals surface area contributed by atoms with Gasteiger partial charge in [0.25, 0.3) is 5.69 Å². The highest BCUT2D eigenvalue weighted by Crippen LogP contribution is 2.31. The zero-order valence-electron chi connectivity index (χ0n) is 9.57. The molecule has 0 saturated carbocycles. The number of anilines is 1. The molecule has 6 heteroatoms. The summed E-state index contributed by atoms with van der Waals surface area (Å²) < 4.78 is 0.991. The Hall–Kier alpha value is -1.95. The molecule has 1 aromatic carbocycles. The second kappa shape index (κ2) is 4.38. The smallest absolute Gasteiger partial charge is 0.271 e. The number of nitro benzene ring substituents is 1. The molecule has 2 heterocycles. The van der Waals surface area contributed by atoms with Crippen LogP contribution in [0.3, 0.4) is 0 Å². The standard InChI is InChI=1S/C12H11N3O2S/c16-15(17)9-4-5-11-10(8-9)13-12(18-11)14-6-2-1-3-7-14/h1-2,4-5,8H,3,6-7H2. The molecule has 0 atom stereocenters. The molecule has 0 amide bonds. The van der Waals surface area contributed by atoms with Crippen molar-refractivity contribution < 1.29 is 4.92 Å². The molecule has 0 bridgehead atoms. The molecule has 0 radical (unpaired) electrons. The first-order valence-corrected chi connectivity index (χ1v) is 6.50. The van der Waals surface area contributed by atoms with Gasteiger partial charge in [-0.15, -0.1) is 0 Å². The minimum atomic E-state index is -0.387. The fourth-order valence-corrected chi connectivity index (χ4v) is 2.95. The summed E-state index contributed by atoms with van der Waals surface area (Å²) >= 11 is 1.58. The van der Waals surface area contributed by atoms with E-state index in [2.05, 4.69) is 22.0 Å². The van der Waals surface area contributed by atoms with Gasteiger partial charge in [-0.3, -0.25) is 10.1 Å². The highest BCUT2D eigenvalue weighted by molar-refractivity contribution is 7.22. The molecule has 3 rings (SSSR count). The van der Waals surface area contributed by atoms with Crippen LogP contribution in [0.15, 0.2) is 30.4 Å². The van der Waals surface area contributed by atoms with Gasteiger partial charge in [0.2, 0.25) is 0 Å². The van der Waals surface area contributed by atoms with E-state index in [4.69, 9.17) is 0 Å². The number of fused-ring (bicyclic) bond motifs is 1. The monoisotopic (exact) mass is 261 g/mol. The summed E-state index contributed by atoms with van der Waals surface area (Å²) in [6.07, 6.45) is 5.31. The summed E-state index contributed by atoms with van der Waals surface area (Å²) in [6.45, 7) is 1.82. The molecule has 2 aromatic rings. The molecule has 0 fully saturated rings. The number of non-ortho nitro benzene ring substituents is 1. The molecule has 0 unspecified atom stereocenters. The largest absolute Gasteiger partial charge is 0.344 e. The Kier molecular flexibility index (Phi) is 2.71. The number of nitro groups is 1. The first-order chi connectivity index (χ1) is 8.74. The van der Waals surface area contributed by atoms with Crippen LogP contribution in [0.4, 0.5) is 10.8 Å². The van der Waals surface area contributed by atoms with Crippen molar-refractivity contribution >= 4 is 32.4 Å². The minimum Gasteiger partial charge on any atom is -0.344 e. The molecule has 0 spiro atoms. The second-order valence-electron chi connectivity index (χ2n) is 4.11. The van der Waals surface area contributed by atoms with Crippen LogP contribution >= 0.6 is 11.3 Å². The molecule has 0 aliphatic carbocycles. The Balaban J connectivity index is 2.00. The zero-order valence-corrected chi connectivity index (χ0v) is 10.4. The summed E-state index contributed by atoms with van der Waals surface area (Å²) in [4.78, 5) is 17.0. The first-order valence-electron chi connectivity index (χ1n) is 5.69. The Bertz CT molecular complexity index is 635. The molecular formula is C12H11N3O2S. The van der Waals surface area contributed by atoms with E-state index in [9.17, 15) is 10.1 Å². The van der Waals surface area contributed by atoms with E-state index in [1.807, 2.05) is 0 Å². The average Bonchev–Trinajstić information content (AvgIpc) is 2.82. The summed E-state index contributed by atoms with van der Waals surface area (Å²) in [5.74, 6) is 0. The maximum atomic E-state index is 10.7. The van der Waals surface area contributed by atoms with Crippen molar-refractivity contribution in [3.8, 4) is 0 Å². The SMILES string of the molecule is O=[N+]([O-])c1ccc2sc(N3CC=CCC3)nc2c1. The summed E-state index contributed by atoms with van der Waals surface area (Å²) in [5.41, 5.74) is 0.802. The van der Waals surface area contributed by atoms with Gasteiger partial charge in [0.15, 0.2) is 5.13 Å². The van der Waals surface area contributed by atoms with Gasteiger partial charge in [-0.1, -0.05) is 23.5 Å². The van der Waals surface area contributed by atoms with Crippen molar-refractivity contribution in [1.82, 2.24) is 4.98 Å². The van der Waals surface area contributed by atoms with Crippen LogP contribution in [0.1, 0.15) is 6.42 Å². The quantitative estimate of drug-likeness (QED) is 0.473. The predicted octanol–water partition coefficient (Wildman–Crippen LogP) is 2.97. The predicted molar refractivity (Wildman–Crippen MR) is 72.2 cm³/mol. The fraction of sp³-hybridized carbons (Fsp3) is 0.250. The number of hydrogen-bond acceptors (Lipinski definition) is 5. The van der Waals surface area contributed by atoms with E-state index in [0.29, 0.717) is 5.52 Å². The lowest BCUT2D eigenvalue weighted by atomic mass is 10.3. The van der Waals surface area contributed by atoms with Crippen LogP contribution in [0.5, 0.6) is 0 Å². The van der Waals surface area contributed by atoms with Crippen LogP contribution in [0.2, 0.25) is 0 Å². The van der Waals surface area contributed by atoms with Crippen molar-refractivity contribution in [3.05, 3.63) is 40.5 Å². The molecule has 1 aliphatic rings. The molecule has 18 heavy (non-hydrogen) atoms. The summed E-state index contributed by atoms with van der Waals surface area (Å²) in [7, 11) is 0. The molecule has 0 saturated heterocycles. The first kappa shape index (κ1) is 11.2. The molecule has 5 nitrogen and oxygen atoms in total. The zero-order chi connectivity index (χ0) is 12.5. The fourth-order valence-electron chi connectivity index (χ4n) is 1.97. The van der Waals surface area contributed by atoms with Gasteiger partial charge in [0.1, 0.15) is 0 Å². The topological polar surface area (TPSA) is 59.3 Å². The van der Waals surface area contributed by atoms with E-state index >= 15 is 0 Å². The van der Waals surface area contributed by atoms with Crippen LogP contribution in [0, 0.1) is 10.1 Å². The number of aromatic nitrogens is 1. The van der Waals surface area contributed by atoms with Crippen molar-refractivity contribution in [1.29, 1.82) is 0 Å². The van der Waals surface area contributed by atoms with E-state index in [1.54, 1.807) is 17.4 Å². The number of nitrogens with zero attached hydrogens (tertiary/aromatic N) is 3. The third kappa shape index (κ3) is 1.95. The molecule has 1 aliphatic heterocycles. The third-order valence-corrected chi connectivity index (χ3v) is 4.00. The van der Waals surface area contributed by atoms with Crippen molar-refractivity contribution in [2.45, 2.75) is 6.42 Å². The van der Waals surface area contributed by atoms with E-state index < -0.39 is 0 Å². The Labute approximate surface area is 108 Å². The Morgan fingerprint density at radius 1 is 1.39 bits per heavy atom. The van der Waals surface area contributed by atoms with Gasteiger partial charge < -0.3 is 4.90 Å². The van der Waals surface area contributed by atoms with Crippen LogP contribution in [-0.2, 0) is 0 Å². The van der Waals surface area contributed by atoms with Crippen LogP contribution in [0.25, 0.3) is 10.2 Å². The number of thiazole rings is 1. The minimum absolute atomic E-state index is 0.0953. The maximum Gasteiger partial charge on any atom is 0.271 e. The lowest BCUT2D eigenvalue weighted by Gasteiger charge is -2.21. The molecular weight excluding hydrogens is 250 g/mol. The number of benzene rings is 1. The number of rotatable bonds is 2. The molecule has 1 aromatic heterocycles. The van der Waals surface area contributed by atoms with Crippen molar-refractivity contribution in [2.75, 3.05) is 18.0 Å². The van der Waals surface area contributed by atoms with E-state index in [1.165, 1.54) is 12.1 Å². The van der Waals surface area contributed by atoms with Gasteiger partial charge in [0, 0.05) is 25.2 Å². The van der Waals surface area contributed by atoms with Gasteiger partial charge in [-0.2, -0.15) is 0 Å². The molecule has 92 valence electrons. The van der Waals surface area contributed by atoms with Crippen LogP contribution < -0.4 is 4.90 Å². The van der Waals surface area contributed by atoms with E-state index in [-0.39, 0.29) is 10.6 Å². The van der Waals surface area contributed by atoms with Gasteiger partial charge >= 0.3 is 0 Å². The van der Waals surface area contributed by atoms with Gasteiger partial charge in [-0.05, 0) is 12.5 Å². The third-order valence-electron chi connectivity index (χ3n) is 2.90. The van der Waals surface area contributed by atoms with Gasteiger partial charge in [-0.25, -0.2) is 4.98 Å². The Morgan fingerprint density at radius 3 is 3.00 bits per heavy atom. The second-order valence-corrected chi connectivity index (χ2v) is 5.12. The van der Waals surface area contributed by atoms with E-state index in [0.717, 1.165) is 29.3 Å². The van der Waals surface area contributed by atoms with Crippen LogP contribution in [-0.4, -0.2) is 23.0 Å². The lowest BCUT2D eigenvalue weighted by molar-refractivity contribution is -0.384.